The molecule has 0 saturated heterocycles. The average Bonchev–Trinajstić information content (AvgIpc) is 2.97. The summed E-state index contributed by atoms with van der Waals surface area (Å²) < 4.78 is 5.28. The highest BCUT2D eigenvalue weighted by Gasteiger charge is 2.20. The summed E-state index contributed by atoms with van der Waals surface area (Å²) in [6, 6.07) is 26.4. The first-order valence-corrected chi connectivity index (χ1v) is 12.3. The van der Waals surface area contributed by atoms with Crippen molar-refractivity contribution in [1.82, 2.24) is 5.43 Å². The van der Waals surface area contributed by atoms with Crippen LogP contribution in [0.5, 0.6) is 5.75 Å². The fraction of sp³-hybridized carbons (Fsp3) is 0.0323. The number of nitro benzene ring substituents is 1. The van der Waals surface area contributed by atoms with Crippen molar-refractivity contribution < 1.29 is 24.0 Å². The van der Waals surface area contributed by atoms with Crippen LogP contribution in [0.4, 0.5) is 11.4 Å². The molecule has 204 valence electrons. The zero-order chi connectivity index (χ0) is 29.2. The molecule has 0 aliphatic carbocycles. The number of para-hydroxylation sites is 1. The van der Waals surface area contributed by atoms with Gasteiger partial charge in [0.15, 0.2) is 0 Å². The quantitative estimate of drug-likeness (QED) is 0.0703. The number of hydrogen-bond donors (Lipinski definition) is 2. The van der Waals surface area contributed by atoms with E-state index in [2.05, 4.69) is 15.8 Å². The minimum Gasteiger partial charge on any atom is -0.415 e. The minimum absolute atomic E-state index is 0.107. The SMILES string of the molecule is Cc1cccc(C(=O)Nc2ccc(C(=O)N/N=C/c3cccc([N+](=O)[O-])c3OC(=O)/C=C/c3ccccc3)cc2)c1. The zero-order valence-corrected chi connectivity index (χ0v) is 21.8. The Kier molecular flexibility index (Phi) is 9.09. The third kappa shape index (κ3) is 7.80. The van der Waals surface area contributed by atoms with Gasteiger partial charge in [-0.05, 0) is 61.0 Å². The van der Waals surface area contributed by atoms with E-state index in [-0.39, 0.29) is 22.8 Å². The van der Waals surface area contributed by atoms with Crippen molar-refractivity contribution in [2.75, 3.05) is 5.32 Å². The molecule has 4 rings (SSSR count). The van der Waals surface area contributed by atoms with Crippen molar-refractivity contribution in [3.8, 4) is 5.75 Å². The summed E-state index contributed by atoms with van der Waals surface area (Å²) in [5.41, 5.74) is 4.98. The maximum atomic E-state index is 12.6. The third-order valence-corrected chi connectivity index (χ3v) is 5.69. The number of carbonyl (C=O) groups is 3. The van der Waals surface area contributed by atoms with Crippen molar-refractivity contribution >= 4 is 41.4 Å². The van der Waals surface area contributed by atoms with Crippen LogP contribution >= 0.6 is 0 Å². The van der Waals surface area contributed by atoms with Crippen LogP contribution < -0.4 is 15.5 Å². The average molecular weight is 549 g/mol. The fourth-order valence-corrected chi connectivity index (χ4v) is 3.68. The first-order valence-electron chi connectivity index (χ1n) is 12.3. The lowest BCUT2D eigenvalue weighted by Gasteiger charge is -2.07. The number of anilines is 1. The Bertz CT molecular complexity index is 1650. The van der Waals surface area contributed by atoms with Gasteiger partial charge in [-0.2, -0.15) is 5.10 Å². The number of amides is 2. The summed E-state index contributed by atoms with van der Waals surface area (Å²) in [6.07, 6.45) is 3.82. The Morgan fingerprint density at radius 1 is 0.854 bits per heavy atom. The normalized spacial score (nSPS) is 10.9. The van der Waals surface area contributed by atoms with Gasteiger partial charge in [0.05, 0.1) is 11.1 Å². The van der Waals surface area contributed by atoms with Crippen LogP contribution in [0.3, 0.4) is 0 Å². The smallest absolute Gasteiger partial charge is 0.336 e. The van der Waals surface area contributed by atoms with Crippen molar-refractivity contribution in [2.24, 2.45) is 5.10 Å². The van der Waals surface area contributed by atoms with Crippen LogP contribution in [0.15, 0.2) is 108 Å². The Morgan fingerprint density at radius 2 is 1.59 bits per heavy atom. The summed E-state index contributed by atoms with van der Waals surface area (Å²) in [5.74, 6) is -1.98. The van der Waals surface area contributed by atoms with Crippen molar-refractivity contribution in [2.45, 2.75) is 6.92 Å². The predicted molar refractivity (Wildman–Crippen MR) is 155 cm³/mol. The molecule has 10 nitrogen and oxygen atoms in total. The van der Waals surface area contributed by atoms with Gasteiger partial charge in [-0.15, -0.1) is 0 Å². The van der Waals surface area contributed by atoms with E-state index in [9.17, 15) is 24.5 Å². The Balaban J connectivity index is 1.42. The van der Waals surface area contributed by atoms with E-state index < -0.39 is 22.5 Å². The predicted octanol–water partition coefficient (Wildman–Crippen LogP) is 5.54. The lowest BCUT2D eigenvalue weighted by Crippen LogP contribution is -2.18. The van der Waals surface area contributed by atoms with Crippen LogP contribution in [-0.4, -0.2) is 28.9 Å². The van der Waals surface area contributed by atoms with Gasteiger partial charge in [0.2, 0.25) is 5.75 Å². The number of hydrogen-bond acceptors (Lipinski definition) is 7. The van der Waals surface area contributed by atoms with Crippen molar-refractivity contribution in [3.05, 3.63) is 141 Å². The molecule has 41 heavy (non-hydrogen) atoms. The molecule has 0 unspecified atom stereocenters. The Morgan fingerprint density at radius 3 is 2.29 bits per heavy atom. The number of aryl methyl sites for hydroxylation is 1. The van der Waals surface area contributed by atoms with Gasteiger partial charge in [0.1, 0.15) is 0 Å². The summed E-state index contributed by atoms with van der Waals surface area (Å²) in [7, 11) is 0. The lowest BCUT2D eigenvalue weighted by atomic mass is 10.1. The van der Waals surface area contributed by atoms with Crippen LogP contribution in [0.25, 0.3) is 6.08 Å². The van der Waals surface area contributed by atoms with E-state index in [1.54, 1.807) is 54.6 Å². The molecule has 0 spiro atoms. The van der Waals surface area contributed by atoms with E-state index in [1.165, 1.54) is 36.4 Å². The van der Waals surface area contributed by atoms with Gasteiger partial charge in [-0.3, -0.25) is 19.7 Å². The second-order valence-electron chi connectivity index (χ2n) is 8.72. The topological polar surface area (TPSA) is 140 Å². The Hall–Kier alpha value is -5.90. The van der Waals surface area contributed by atoms with Gasteiger partial charge in [0, 0.05) is 34.5 Å². The summed E-state index contributed by atoms with van der Waals surface area (Å²) in [6.45, 7) is 1.89. The summed E-state index contributed by atoms with van der Waals surface area (Å²) >= 11 is 0. The van der Waals surface area contributed by atoms with Crippen LogP contribution in [0.2, 0.25) is 0 Å². The molecule has 0 aliphatic heterocycles. The number of benzene rings is 4. The molecule has 4 aromatic carbocycles. The van der Waals surface area contributed by atoms with Crippen molar-refractivity contribution in [1.29, 1.82) is 0 Å². The third-order valence-electron chi connectivity index (χ3n) is 5.69. The fourth-order valence-electron chi connectivity index (χ4n) is 3.68. The van der Waals surface area contributed by atoms with E-state index in [4.69, 9.17) is 4.74 Å². The van der Waals surface area contributed by atoms with Gasteiger partial charge in [-0.25, -0.2) is 10.2 Å². The van der Waals surface area contributed by atoms with Gasteiger partial charge >= 0.3 is 11.7 Å². The summed E-state index contributed by atoms with van der Waals surface area (Å²) in [4.78, 5) is 48.3. The van der Waals surface area contributed by atoms with Gasteiger partial charge < -0.3 is 10.1 Å². The van der Waals surface area contributed by atoms with Crippen molar-refractivity contribution in [3.63, 3.8) is 0 Å². The highest BCUT2D eigenvalue weighted by Crippen LogP contribution is 2.30. The number of rotatable bonds is 9. The molecule has 0 atom stereocenters. The molecule has 0 saturated carbocycles. The highest BCUT2D eigenvalue weighted by atomic mass is 16.6. The molecule has 4 aromatic rings. The van der Waals surface area contributed by atoms with Gasteiger partial charge in [-0.1, -0.05) is 54.1 Å². The lowest BCUT2D eigenvalue weighted by molar-refractivity contribution is -0.385. The number of esters is 1. The van der Waals surface area contributed by atoms with Crippen LogP contribution in [0.1, 0.15) is 37.4 Å². The molecule has 10 heteroatoms. The number of nitrogens with one attached hydrogen (secondary N) is 2. The second-order valence-corrected chi connectivity index (χ2v) is 8.72. The number of nitrogens with zero attached hydrogens (tertiary/aromatic N) is 2. The minimum atomic E-state index is -0.823. The molecule has 0 fully saturated rings. The number of carbonyl (C=O) groups excluding carboxylic acids is 3. The first-order chi connectivity index (χ1) is 19.8. The summed E-state index contributed by atoms with van der Waals surface area (Å²) in [5, 5.41) is 18.2. The van der Waals surface area contributed by atoms with Crippen LogP contribution in [0, 0.1) is 17.0 Å². The van der Waals surface area contributed by atoms with Gasteiger partial charge in [0.25, 0.3) is 11.8 Å². The molecule has 2 amide bonds. The zero-order valence-electron chi connectivity index (χ0n) is 21.8. The van der Waals surface area contributed by atoms with E-state index in [0.717, 1.165) is 23.4 Å². The molecular weight excluding hydrogens is 524 g/mol. The molecule has 0 aromatic heterocycles. The van der Waals surface area contributed by atoms with Crippen LogP contribution in [-0.2, 0) is 4.79 Å². The van der Waals surface area contributed by atoms with E-state index in [0.29, 0.717) is 11.3 Å². The van der Waals surface area contributed by atoms with E-state index >= 15 is 0 Å². The number of nitro groups is 1. The largest absolute Gasteiger partial charge is 0.415 e. The molecular formula is C31H24N4O6. The first kappa shape index (κ1) is 28.1. The molecule has 0 radical (unpaired) electrons. The molecule has 0 bridgehead atoms. The standard InChI is InChI=1S/C31H24N4O6/c1-21-7-5-10-24(19-21)30(37)33-26-16-14-23(15-17-26)31(38)34-32-20-25-11-6-12-27(35(39)40)29(25)41-28(36)18-13-22-8-3-2-4-9-22/h2-20H,1H3,(H,33,37)(H,34,38)/b18-13+,32-20+. The molecule has 0 heterocycles. The van der Waals surface area contributed by atoms with E-state index in [1.807, 2.05) is 19.1 Å². The molecule has 2 N–H and O–H groups in total. The maximum absolute atomic E-state index is 12.6. The number of hydrazone groups is 1. The Labute approximate surface area is 235 Å². The highest BCUT2D eigenvalue weighted by molar-refractivity contribution is 6.04. The molecule has 0 aliphatic rings. The maximum Gasteiger partial charge on any atom is 0.336 e. The number of ether oxygens (including phenoxy) is 1. The monoisotopic (exact) mass is 548 g/mol. The second kappa shape index (κ2) is 13.3.